The molecule has 5 unspecified atom stereocenters. The molecule has 170 valence electrons. The Morgan fingerprint density at radius 1 is 1.06 bits per heavy atom. The Bertz CT molecular complexity index is 854. The number of aryl methyl sites for hydroxylation is 1. The van der Waals surface area contributed by atoms with E-state index in [2.05, 4.69) is 0 Å². The number of aliphatic hydroxyl groups excluding tert-OH is 3. The van der Waals surface area contributed by atoms with Crippen molar-refractivity contribution in [3.63, 3.8) is 0 Å². The van der Waals surface area contributed by atoms with E-state index in [0.717, 1.165) is 22.4 Å². The molecule has 2 aromatic rings. The van der Waals surface area contributed by atoms with Gasteiger partial charge in [0, 0.05) is 19.8 Å². The summed E-state index contributed by atoms with van der Waals surface area (Å²) in [6.07, 6.45) is -3.78. The summed E-state index contributed by atoms with van der Waals surface area (Å²) in [5, 5.41) is 31.1. The number of ether oxygens (including phenoxy) is 4. The Morgan fingerprint density at radius 2 is 1.77 bits per heavy atom. The van der Waals surface area contributed by atoms with E-state index in [-0.39, 0.29) is 0 Å². The second kappa shape index (κ2) is 10.1. The van der Waals surface area contributed by atoms with Crippen LogP contribution in [-0.2, 0) is 26.4 Å². The van der Waals surface area contributed by atoms with Crippen LogP contribution in [0.15, 0.2) is 42.5 Å². The minimum atomic E-state index is -1.59. The molecule has 31 heavy (non-hydrogen) atoms. The number of rotatable bonds is 8. The van der Waals surface area contributed by atoms with E-state index in [9.17, 15) is 15.3 Å². The van der Waals surface area contributed by atoms with Crippen LogP contribution in [0.3, 0.4) is 0 Å². The average Bonchev–Trinajstić information content (AvgIpc) is 2.78. The number of benzene rings is 2. The molecule has 0 aromatic heterocycles. The Kier molecular flexibility index (Phi) is 7.69. The number of methoxy groups -OCH3 is 2. The monoisotopic (exact) mass is 432 g/mol. The van der Waals surface area contributed by atoms with E-state index >= 15 is 0 Å². The van der Waals surface area contributed by atoms with Crippen molar-refractivity contribution in [3.05, 3.63) is 64.7 Å². The smallest absolute Gasteiger partial charge is 0.224 e. The highest BCUT2D eigenvalue weighted by Crippen LogP contribution is 2.40. The average molecular weight is 433 g/mol. The van der Waals surface area contributed by atoms with Gasteiger partial charge in [-0.3, -0.25) is 0 Å². The van der Waals surface area contributed by atoms with Gasteiger partial charge >= 0.3 is 0 Å². The van der Waals surface area contributed by atoms with Gasteiger partial charge in [-0.1, -0.05) is 24.3 Å². The Hall–Kier alpha value is -2.00. The van der Waals surface area contributed by atoms with Crippen LogP contribution in [0, 0.1) is 6.92 Å². The van der Waals surface area contributed by atoms with E-state index in [0.29, 0.717) is 18.6 Å². The summed E-state index contributed by atoms with van der Waals surface area (Å²) in [7, 11) is 2.82. The predicted molar refractivity (Wildman–Crippen MR) is 115 cm³/mol. The van der Waals surface area contributed by atoms with E-state index in [1.807, 2.05) is 56.3 Å². The van der Waals surface area contributed by atoms with Gasteiger partial charge in [-0.2, -0.15) is 0 Å². The van der Waals surface area contributed by atoms with E-state index in [4.69, 9.17) is 18.9 Å². The SMILES string of the molecule is CCOc1ccc(Cc2cc(C3(OC)OC(CO)C(O)C(OC)C3O)ccc2C)cc1. The van der Waals surface area contributed by atoms with Gasteiger partial charge in [0.25, 0.3) is 0 Å². The lowest BCUT2D eigenvalue weighted by Crippen LogP contribution is -2.64. The molecule has 3 N–H and O–H groups in total. The first-order valence-corrected chi connectivity index (χ1v) is 10.4. The highest BCUT2D eigenvalue weighted by molar-refractivity contribution is 5.39. The Labute approximate surface area is 183 Å². The first-order chi connectivity index (χ1) is 14.9. The topological polar surface area (TPSA) is 97.6 Å². The summed E-state index contributed by atoms with van der Waals surface area (Å²) in [5.41, 5.74) is 3.81. The molecule has 1 aliphatic heterocycles. The molecule has 0 radical (unpaired) electrons. The molecule has 7 nitrogen and oxygen atoms in total. The van der Waals surface area contributed by atoms with Crippen molar-refractivity contribution in [1.82, 2.24) is 0 Å². The third kappa shape index (κ3) is 4.62. The third-order valence-electron chi connectivity index (χ3n) is 5.88. The van der Waals surface area contributed by atoms with Gasteiger partial charge in [0.2, 0.25) is 5.79 Å². The molecule has 0 amide bonds. The first-order valence-electron chi connectivity index (χ1n) is 10.4. The van der Waals surface area contributed by atoms with Crippen LogP contribution in [0.2, 0.25) is 0 Å². The van der Waals surface area contributed by atoms with Gasteiger partial charge in [-0.05, 0) is 55.2 Å². The highest BCUT2D eigenvalue weighted by atomic mass is 16.7. The van der Waals surface area contributed by atoms with Gasteiger partial charge in [0.05, 0.1) is 13.2 Å². The van der Waals surface area contributed by atoms with Crippen molar-refractivity contribution in [3.8, 4) is 5.75 Å². The predicted octanol–water partition coefficient (Wildman–Crippen LogP) is 1.91. The molecule has 1 fully saturated rings. The maximum atomic E-state index is 11.0. The molecule has 0 saturated carbocycles. The molecule has 0 aliphatic carbocycles. The summed E-state index contributed by atoms with van der Waals surface area (Å²) in [4.78, 5) is 0. The van der Waals surface area contributed by atoms with Crippen molar-refractivity contribution >= 4 is 0 Å². The maximum absolute atomic E-state index is 11.0. The van der Waals surface area contributed by atoms with Crippen molar-refractivity contribution in [2.75, 3.05) is 27.4 Å². The molecule has 0 bridgehead atoms. The van der Waals surface area contributed by atoms with Crippen LogP contribution in [0.25, 0.3) is 0 Å². The van der Waals surface area contributed by atoms with Crippen molar-refractivity contribution < 1.29 is 34.3 Å². The molecule has 0 spiro atoms. The molecule has 2 aromatic carbocycles. The van der Waals surface area contributed by atoms with Crippen LogP contribution in [0.5, 0.6) is 5.75 Å². The molecule has 5 atom stereocenters. The minimum absolute atomic E-state index is 0.441. The van der Waals surface area contributed by atoms with Crippen molar-refractivity contribution in [2.45, 2.75) is 50.5 Å². The van der Waals surface area contributed by atoms with E-state index in [1.54, 1.807) is 0 Å². The fraction of sp³-hybridized carbons (Fsp3) is 0.500. The standard InChI is InChI=1S/C24H32O7/c1-5-30-19-10-7-16(8-11-19)12-17-13-18(9-6-15(17)2)24(29-4)23(27)22(28-3)21(26)20(14-25)31-24/h6-11,13,20-23,25-27H,5,12,14H2,1-4H3. The minimum Gasteiger partial charge on any atom is -0.494 e. The molecular weight excluding hydrogens is 400 g/mol. The molecule has 7 heteroatoms. The second-order valence-corrected chi connectivity index (χ2v) is 7.74. The molecule has 3 rings (SSSR count). The normalized spacial score (nSPS) is 28.5. The first kappa shape index (κ1) is 23.7. The lowest BCUT2D eigenvalue weighted by Gasteiger charge is -2.48. The van der Waals surface area contributed by atoms with Gasteiger partial charge in [-0.15, -0.1) is 0 Å². The second-order valence-electron chi connectivity index (χ2n) is 7.74. The zero-order valence-electron chi connectivity index (χ0n) is 18.4. The van der Waals surface area contributed by atoms with Crippen molar-refractivity contribution in [2.24, 2.45) is 0 Å². The van der Waals surface area contributed by atoms with Gasteiger partial charge in [0.1, 0.15) is 30.2 Å². The molecule has 1 saturated heterocycles. The molecule has 1 heterocycles. The highest BCUT2D eigenvalue weighted by Gasteiger charge is 2.55. The van der Waals surface area contributed by atoms with Crippen molar-refractivity contribution in [1.29, 1.82) is 0 Å². The largest absolute Gasteiger partial charge is 0.494 e. The Balaban J connectivity index is 1.95. The zero-order valence-corrected chi connectivity index (χ0v) is 18.4. The number of hydrogen-bond donors (Lipinski definition) is 3. The van der Waals surface area contributed by atoms with E-state index in [1.165, 1.54) is 14.2 Å². The number of aliphatic hydroxyl groups is 3. The summed E-state index contributed by atoms with van der Waals surface area (Å²) in [6, 6.07) is 13.6. The van der Waals surface area contributed by atoms with Crippen LogP contribution >= 0.6 is 0 Å². The summed E-state index contributed by atoms with van der Waals surface area (Å²) in [6.45, 7) is 4.14. The lowest BCUT2D eigenvalue weighted by atomic mass is 9.86. The fourth-order valence-electron chi connectivity index (χ4n) is 4.09. The van der Waals surface area contributed by atoms with Gasteiger partial charge < -0.3 is 34.3 Å². The van der Waals surface area contributed by atoms with Crippen LogP contribution in [0.1, 0.15) is 29.2 Å². The Morgan fingerprint density at radius 3 is 2.35 bits per heavy atom. The number of hydrogen-bond acceptors (Lipinski definition) is 7. The fourth-order valence-corrected chi connectivity index (χ4v) is 4.09. The van der Waals surface area contributed by atoms with Crippen LogP contribution in [0.4, 0.5) is 0 Å². The quantitative estimate of drug-likeness (QED) is 0.586. The van der Waals surface area contributed by atoms with Gasteiger partial charge in [0.15, 0.2) is 0 Å². The molecule has 1 aliphatic rings. The third-order valence-corrected chi connectivity index (χ3v) is 5.88. The van der Waals surface area contributed by atoms with Crippen LogP contribution in [-0.4, -0.2) is 67.2 Å². The lowest BCUT2D eigenvalue weighted by molar-refractivity contribution is -0.368. The summed E-state index contributed by atoms with van der Waals surface area (Å²) >= 11 is 0. The molecular formula is C24H32O7. The van der Waals surface area contributed by atoms with Crippen LogP contribution < -0.4 is 4.74 Å². The van der Waals surface area contributed by atoms with E-state index < -0.39 is 36.8 Å². The zero-order chi connectivity index (χ0) is 22.6. The maximum Gasteiger partial charge on any atom is 0.224 e. The summed E-state index contributed by atoms with van der Waals surface area (Å²) in [5.74, 6) is -0.762. The van der Waals surface area contributed by atoms with Gasteiger partial charge in [-0.25, -0.2) is 0 Å². The summed E-state index contributed by atoms with van der Waals surface area (Å²) < 4.78 is 22.5.